The van der Waals surface area contributed by atoms with Crippen LogP contribution >= 0.6 is 0 Å². The van der Waals surface area contributed by atoms with E-state index in [1.54, 1.807) is 0 Å². The van der Waals surface area contributed by atoms with Gasteiger partial charge < -0.3 is 4.57 Å². The third-order valence-electron chi connectivity index (χ3n) is 2.34. The second-order valence-corrected chi connectivity index (χ2v) is 3.29. The Labute approximate surface area is 125 Å². The van der Waals surface area contributed by atoms with Gasteiger partial charge in [0.25, 0.3) is 0 Å². The van der Waals surface area contributed by atoms with Crippen molar-refractivity contribution in [3.63, 3.8) is 0 Å². The highest BCUT2D eigenvalue weighted by Gasteiger charge is 1.99. The van der Waals surface area contributed by atoms with E-state index >= 15 is 0 Å². The molecule has 2 aromatic rings. The second-order valence-electron chi connectivity index (χ2n) is 3.29. The van der Waals surface area contributed by atoms with Crippen LogP contribution in [0.25, 0.3) is 16.6 Å². The highest BCUT2D eigenvalue weighted by atomic mass is 15.0. The number of aromatic nitrogens is 1. The third-order valence-corrected chi connectivity index (χ3v) is 2.34. The molecule has 0 spiro atoms. The van der Waals surface area contributed by atoms with Crippen molar-refractivity contribution >= 4 is 16.6 Å². The van der Waals surface area contributed by atoms with Gasteiger partial charge in [0, 0.05) is 11.9 Å². The van der Waals surface area contributed by atoms with E-state index in [-0.39, 0.29) is 0 Å². The molecule has 0 amide bonds. The SMILES string of the molecule is C=C/C=C(\C)n1ccc2ccccc21.CC.CC.CC. The van der Waals surface area contributed by atoms with Crippen LogP contribution in [0, 0.1) is 0 Å². The minimum atomic E-state index is 1.18. The second kappa shape index (κ2) is 13.7. The Hall–Kier alpha value is -1.76. The van der Waals surface area contributed by atoms with E-state index in [4.69, 9.17) is 0 Å². The fourth-order valence-corrected chi connectivity index (χ4v) is 1.64. The summed E-state index contributed by atoms with van der Waals surface area (Å²) in [5.74, 6) is 0. The zero-order valence-corrected chi connectivity index (χ0v) is 14.3. The molecule has 0 unspecified atom stereocenters. The van der Waals surface area contributed by atoms with Gasteiger partial charge >= 0.3 is 0 Å². The summed E-state index contributed by atoms with van der Waals surface area (Å²) in [6, 6.07) is 10.5. The molecule has 1 heterocycles. The number of hydrogen-bond acceptors (Lipinski definition) is 0. The van der Waals surface area contributed by atoms with Crippen molar-refractivity contribution in [2.24, 2.45) is 0 Å². The maximum atomic E-state index is 3.70. The van der Waals surface area contributed by atoms with Crippen molar-refractivity contribution in [2.45, 2.75) is 48.5 Å². The quantitative estimate of drug-likeness (QED) is 0.532. The van der Waals surface area contributed by atoms with E-state index in [1.165, 1.54) is 16.6 Å². The Bertz CT molecular complexity index is 489. The lowest BCUT2D eigenvalue weighted by atomic mass is 10.2. The normalized spacial score (nSPS) is 9.25. The number of fused-ring (bicyclic) bond motifs is 1. The van der Waals surface area contributed by atoms with Gasteiger partial charge in [0.2, 0.25) is 0 Å². The minimum absolute atomic E-state index is 1.18. The maximum Gasteiger partial charge on any atom is 0.0525 e. The summed E-state index contributed by atoms with van der Waals surface area (Å²) < 4.78 is 2.16. The molecule has 0 bridgehead atoms. The van der Waals surface area contributed by atoms with Crippen molar-refractivity contribution in [1.82, 2.24) is 4.57 Å². The van der Waals surface area contributed by atoms with Gasteiger partial charge in [0.15, 0.2) is 0 Å². The van der Waals surface area contributed by atoms with Crippen LogP contribution in [0.1, 0.15) is 48.5 Å². The van der Waals surface area contributed by atoms with Gasteiger partial charge in [-0.05, 0) is 30.5 Å². The molecule has 0 saturated heterocycles. The Kier molecular flexibility index (Phi) is 14.0. The molecule has 0 aliphatic carbocycles. The molecule has 0 fully saturated rings. The van der Waals surface area contributed by atoms with Gasteiger partial charge in [-0.25, -0.2) is 0 Å². The first-order chi connectivity index (χ1) is 9.83. The van der Waals surface area contributed by atoms with Crippen molar-refractivity contribution in [3.8, 4) is 0 Å². The van der Waals surface area contributed by atoms with E-state index in [9.17, 15) is 0 Å². The molecule has 2 rings (SSSR count). The Morgan fingerprint density at radius 2 is 1.50 bits per heavy atom. The molecule has 0 saturated carbocycles. The van der Waals surface area contributed by atoms with Gasteiger partial charge in [0.05, 0.1) is 5.52 Å². The number of hydrogen-bond donors (Lipinski definition) is 0. The average Bonchev–Trinajstić information content (AvgIpc) is 2.97. The van der Waals surface area contributed by atoms with Crippen LogP contribution in [-0.2, 0) is 0 Å². The van der Waals surface area contributed by atoms with Crippen LogP contribution in [0.15, 0.2) is 55.3 Å². The molecule has 1 aromatic carbocycles. The fraction of sp³-hybridized carbons (Fsp3) is 0.368. The Balaban J connectivity index is 0. The maximum absolute atomic E-state index is 3.70. The van der Waals surface area contributed by atoms with Crippen LogP contribution in [0.5, 0.6) is 0 Å². The largest absolute Gasteiger partial charge is 0.321 e. The molecular weight excluding hydrogens is 242 g/mol. The molecule has 0 aliphatic heterocycles. The zero-order valence-electron chi connectivity index (χ0n) is 14.3. The summed E-state index contributed by atoms with van der Waals surface area (Å²) in [6.45, 7) is 17.8. The molecule has 1 aromatic heterocycles. The molecule has 0 radical (unpaired) electrons. The lowest BCUT2D eigenvalue weighted by Gasteiger charge is -2.03. The number of benzene rings is 1. The van der Waals surface area contributed by atoms with E-state index in [2.05, 4.69) is 54.6 Å². The van der Waals surface area contributed by atoms with E-state index < -0.39 is 0 Å². The van der Waals surface area contributed by atoms with Gasteiger partial charge in [-0.1, -0.05) is 72.4 Å². The van der Waals surface area contributed by atoms with Gasteiger partial charge in [-0.15, -0.1) is 0 Å². The van der Waals surface area contributed by atoms with Crippen molar-refractivity contribution in [2.75, 3.05) is 0 Å². The predicted molar refractivity (Wildman–Crippen MR) is 96.1 cm³/mol. The molecule has 0 aliphatic rings. The summed E-state index contributed by atoms with van der Waals surface area (Å²) in [7, 11) is 0. The molecule has 1 heteroatoms. The van der Waals surface area contributed by atoms with Crippen LogP contribution in [0.2, 0.25) is 0 Å². The molecular formula is C19H31N. The highest BCUT2D eigenvalue weighted by Crippen LogP contribution is 2.18. The van der Waals surface area contributed by atoms with Crippen molar-refractivity contribution in [3.05, 3.63) is 55.3 Å². The fourth-order valence-electron chi connectivity index (χ4n) is 1.64. The first-order valence-corrected chi connectivity index (χ1v) is 7.69. The minimum Gasteiger partial charge on any atom is -0.321 e. The Morgan fingerprint density at radius 1 is 0.950 bits per heavy atom. The average molecular weight is 273 g/mol. The van der Waals surface area contributed by atoms with Gasteiger partial charge in [0.1, 0.15) is 0 Å². The van der Waals surface area contributed by atoms with Crippen LogP contribution in [-0.4, -0.2) is 4.57 Å². The first kappa shape index (κ1) is 20.6. The number of rotatable bonds is 2. The van der Waals surface area contributed by atoms with E-state index in [0.717, 1.165) is 0 Å². The topological polar surface area (TPSA) is 4.93 Å². The lowest BCUT2D eigenvalue weighted by molar-refractivity contribution is 1.15. The molecule has 0 atom stereocenters. The standard InChI is InChI=1S/C13H13N.3C2H6/c1-3-6-11(2)14-10-9-12-7-4-5-8-13(12)14;3*1-2/h3-10H,1H2,2H3;3*1-2H3/b11-6+;;;. The third kappa shape index (κ3) is 5.92. The van der Waals surface area contributed by atoms with Crippen molar-refractivity contribution < 1.29 is 0 Å². The highest BCUT2D eigenvalue weighted by molar-refractivity contribution is 5.83. The van der Waals surface area contributed by atoms with E-state index in [0.29, 0.717) is 0 Å². The number of nitrogens with zero attached hydrogens (tertiary/aromatic N) is 1. The smallest absolute Gasteiger partial charge is 0.0525 e. The van der Waals surface area contributed by atoms with Gasteiger partial charge in [-0.3, -0.25) is 0 Å². The van der Waals surface area contributed by atoms with Gasteiger partial charge in [-0.2, -0.15) is 0 Å². The summed E-state index contributed by atoms with van der Waals surface area (Å²) in [4.78, 5) is 0. The molecule has 112 valence electrons. The number of para-hydroxylation sites is 1. The Morgan fingerprint density at radius 3 is 2.05 bits per heavy atom. The monoisotopic (exact) mass is 273 g/mol. The molecule has 0 N–H and O–H groups in total. The summed E-state index contributed by atoms with van der Waals surface area (Å²) in [6.07, 6.45) is 5.90. The summed E-state index contributed by atoms with van der Waals surface area (Å²) >= 11 is 0. The first-order valence-electron chi connectivity index (χ1n) is 7.69. The summed E-state index contributed by atoms with van der Waals surface area (Å²) in [5, 5.41) is 1.27. The van der Waals surface area contributed by atoms with E-state index in [1.807, 2.05) is 53.7 Å². The van der Waals surface area contributed by atoms with Crippen LogP contribution in [0.3, 0.4) is 0 Å². The number of allylic oxidation sites excluding steroid dienone is 3. The molecule has 20 heavy (non-hydrogen) atoms. The summed E-state index contributed by atoms with van der Waals surface area (Å²) in [5.41, 5.74) is 2.42. The van der Waals surface area contributed by atoms with Crippen LogP contribution in [0.4, 0.5) is 0 Å². The lowest BCUT2D eigenvalue weighted by Crippen LogP contribution is -1.89. The van der Waals surface area contributed by atoms with Crippen molar-refractivity contribution in [1.29, 1.82) is 0 Å². The molecule has 1 nitrogen and oxygen atoms in total. The predicted octanol–water partition coefficient (Wildman–Crippen LogP) is 6.77. The van der Waals surface area contributed by atoms with Crippen LogP contribution < -0.4 is 0 Å². The zero-order chi connectivity index (χ0) is 16.0.